The minimum absolute atomic E-state index is 0.105. The topological polar surface area (TPSA) is 106 Å². The Balaban J connectivity index is 1.23. The molecule has 0 aliphatic carbocycles. The summed E-state index contributed by atoms with van der Waals surface area (Å²) in [4.78, 5) is 42.9. The molecule has 0 aliphatic rings. The third kappa shape index (κ3) is 4.96. The zero-order valence-corrected chi connectivity index (χ0v) is 20.2. The summed E-state index contributed by atoms with van der Waals surface area (Å²) in [5.41, 5.74) is 3.95. The van der Waals surface area contributed by atoms with Crippen molar-refractivity contribution in [2.45, 2.75) is 19.9 Å². The first-order chi connectivity index (χ1) is 17.5. The lowest BCUT2D eigenvalue weighted by Gasteiger charge is -2.09. The molecule has 36 heavy (non-hydrogen) atoms. The van der Waals surface area contributed by atoms with Crippen LogP contribution in [0.4, 0.5) is 11.4 Å². The van der Waals surface area contributed by atoms with Crippen molar-refractivity contribution in [3.63, 3.8) is 0 Å². The minimum Gasteiger partial charge on any atom is -0.459 e. The second kappa shape index (κ2) is 10.0. The molecule has 0 fully saturated rings. The lowest BCUT2D eigenvalue weighted by molar-refractivity contribution is -0.116. The van der Waals surface area contributed by atoms with E-state index < -0.39 is 0 Å². The Morgan fingerprint density at radius 2 is 1.72 bits per heavy atom. The molecule has 180 valence electrons. The Kier molecular flexibility index (Phi) is 6.46. The number of amides is 2. The first kappa shape index (κ1) is 23.3. The van der Waals surface area contributed by atoms with E-state index >= 15 is 0 Å². The number of benzene rings is 2. The molecule has 9 heteroatoms. The quantitative estimate of drug-likeness (QED) is 0.316. The van der Waals surface area contributed by atoms with Crippen LogP contribution in [-0.4, -0.2) is 21.4 Å². The lowest BCUT2D eigenvalue weighted by atomic mass is 10.1. The zero-order chi connectivity index (χ0) is 25.1. The Morgan fingerprint density at radius 1 is 1.00 bits per heavy atom. The average molecular weight is 499 g/mol. The molecular formula is C27H22N4O4S. The number of hydrogen-bond acceptors (Lipinski definition) is 6. The molecule has 0 radical (unpaired) electrons. The number of aromatic nitrogens is 2. The monoisotopic (exact) mass is 498 g/mol. The van der Waals surface area contributed by atoms with E-state index in [2.05, 4.69) is 15.6 Å². The van der Waals surface area contributed by atoms with Gasteiger partial charge in [0.1, 0.15) is 4.83 Å². The van der Waals surface area contributed by atoms with Gasteiger partial charge in [-0.2, -0.15) is 0 Å². The van der Waals surface area contributed by atoms with E-state index in [1.807, 2.05) is 36.6 Å². The third-order valence-corrected chi connectivity index (χ3v) is 6.56. The van der Waals surface area contributed by atoms with Gasteiger partial charge in [-0.25, -0.2) is 4.98 Å². The highest BCUT2D eigenvalue weighted by molar-refractivity contribution is 7.17. The number of rotatable bonds is 7. The number of fused-ring (bicyclic) bond motifs is 1. The van der Waals surface area contributed by atoms with Crippen LogP contribution < -0.4 is 16.2 Å². The van der Waals surface area contributed by atoms with Crippen molar-refractivity contribution >= 4 is 44.7 Å². The Morgan fingerprint density at radius 3 is 2.42 bits per heavy atom. The van der Waals surface area contributed by atoms with Crippen LogP contribution in [0.25, 0.3) is 21.3 Å². The number of nitrogens with one attached hydrogen (secondary N) is 2. The number of carbonyl (C=O) groups is 2. The molecule has 0 atom stereocenters. The van der Waals surface area contributed by atoms with Gasteiger partial charge in [-0.05, 0) is 48.9 Å². The summed E-state index contributed by atoms with van der Waals surface area (Å²) >= 11 is 1.43. The summed E-state index contributed by atoms with van der Waals surface area (Å²) in [7, 11) is 0. The average Bonchev–Trinajstić information content (AvgIpc) is 3.56. The smallest absolute Gasteiger partial charge is 0.291 e. The predicted molar refractivity (Wildman–Crippen MR) is 140 cm³/mol. The van der Waals surface area contributed by atoms with E-state index in [9.17, 15) is 14.4 Å². The number of hydrogen-bond donors (Lipinski definition) is 2. The number of aryl methyl sites for hydroxylation is 2. The molecule has 2 N–H and O–H groups in total. The van der Waals surface area contributed by atoms with Crippen molar-refractivity contribution in [3.05, 3.63) is 100 Å². The van der Waals surface area contributed by atoms with Gasteiger partial charge in [0.15, 0.2) is 5.76 Å². The van der Waals surface area contributed by atoms with Gasteiger partial charge in [0.2, 0.25) is 5.91 Å². The summed E-state index contributed by atoms with van der Waals surface area (Å²) in [5, 5.41) is 8.04. The summed E-state index contributed by atoms with van der Waals surface area (Å²) in [6.07, 6.45) is 3.02. The highest BCUT2D eigenvalue weighted by Gasteiger charge is 2.14. The molecule has 3 heterocycles. The lowest BCUT2D eigenvalue weighted by Crippen LogP contribution is -2.23. The number of nitrogens with zero attached hydrogens (tertiary/aromatic N) is 2. The van der Waals surface area contributed by atoms with E-state index in [4.69, 9.17) is 4.42 Å². The van der Waals surface area contributed by atoms with Crippen LogP contribution >= 0.6 is 11.3 Å². The highest BCUT2D eigenvalue weighted by atomic mass is 32.1. The molecule has 8 nitrogen and oxygen atoms in total. The maximum atomic E-state index is 13.2. The third-order valence-electron chi connectivity index (χ3n) is 5.67. The van der Waals surface area contributed by atoms with E-state index in [0.717, 1.165) is 16.7 Å². The Hall–Kier alpha value is -4.50. The Labute approximate surface area is 210 Å². The second-order valence-electron chi connectivity index (χ2n) is 8.25. The largest absolute Gasteiger partial charge is 0.459 e. The van der Waals surface area contributed by atoms with Crippen molar-refractivity contribution in [3.8, 4) is 11.1 Å². The van der Waals surface area contributed by atoms with Crippen molar-refractivity contribution in [2.24, 2.45) is 0 Å². The molecule has 0 aliphatic heterocycles. The molecule has 2 aromatic carbocycles. The summed E-state index contributed by atoms with van der Waals surface area (Å²) < 4.78 is 6.54. The molecule has 0 saturated carbocycles. The van der Waals surface area contributed by atoms with Crippen LogP contribution in [0.3, 0.4) is 0 Å². The second-order valence-corrected chi connectivity index (χ2v) is 9.10. The highest BCUT2D eigenvalue weighted by Crippen LogP contribution is 2.30. The van der Waals surface area contributed by atoms with Gasteiger partial charge in [-0.3, -0.25) is 19.0 Å². The maximum Gasteiger partial charge on any atom is 0.291 e. The van der Waals surface area contributed by atoms with Crippen molar-refractivity contribution in [1.29, 1.82) is 0 Å². The van der Waals surface area contributed by atoms with Gasteiger partial charge in [0.05, 0.1) is 18.0 Å². The molecule has 2 amide bonds. The maximum absolute atomic E-state index is 13.2. The number of anilines is 2. The summed E-state index contributed by atoms with van der Waals surface area (Å²) in [6.45, 7) is 2.22. The zero-order valence-electron chi connectivity index (χ0n) is 19.4. The fraction of sp³-hybridized carbons (Fsp3) is 0.111. The number of thiophene rings is 1. The van der Waals surface area contributed by atoms with Crippen molar-refractivity contribution < 1.29 is 14.0 Å². The van der Waals surface area contributed by atoms with Crippen LogP contribution in [0, 0.1) is 6.92 Å². The first-order valence-electron chi connectivity index (χ1n) is 11.3. The van der Waals surface area contributed by atoms with E-state index in [0.29, 0.717) is 21.6 Å². The fourth-order valence-corrected chi connectivity index (χ4v) is 4.66. The summed E-state index contributed by atoms with van der Waals surface area (Å²) in [6, 6.07) is 18.0. The van der Waals surface area contributed by atoms with Gasteiger partial charge < -0.3 is 15.1 Å². The van der Waals surface area contributed by atoms with Crippen LogP contribution in [0.5, 0.6) is 0 Å². The Bertz CT molecular complexity index is 1580. The van der Waals surface area contributed by atoms with Crippen molar-refractivity contribution in [2.75, 3.05) is 10.6 Å². The minimum atomic E-state index is -0.357. The van der Waals surface area contributed by atoms with Gasteiger partial charge >= 0.3 is 0 Å². The van der Waals surface area contributed by atoms with Crippen molar-refractivity contribution in [1.82, 2.24) is 9.55 Å². The standard InChI is InChI=1S/C27H22N4O4S/c1-17-4-6-18(7-5-17)21-15-36-26-24(21)27(34)31(16-28-26)13-12-23(32)29-19-8-10-20(11-9-19)30-25(33)22-3-2-14-35-22/h2-11,14-16H,12-13H2,1H3,(H,29,32)(H,30,33). The van der Waals surface area contributed by atoms with E-state index in [1.165, 1.54) is 28.5 Å². The van der Waals surface area contributed by atoms with Crippen LogP contribution in [0.2, 0.25) is 0 Å². The van der Waals surface area contributed by atoms with Gasteiger partial charge in [-0.1, -0.05) is 29.8 Å². The number of furan rings is 1. The van der Waals surface area contributed by atoms with E-state index in [-0.39, 0.29) is 36.1 Å². The summed E-state index contributed by atoms with van der Waals surface area (Å²) in [5.74, 6) is -0.383. The molecule has 5 rings (SSSR count). The molecular weight excluding hydrogens is 476 g/mol. The molecule has 3 aromatic heterocycles. The normalized spacial score (nSPS) is 10.9. The molecule has 0 spiro atoms. The van der Waals surface area contributed by atoms with E-state index in [1.54, 1.807) is 36.4 Å². The number of carbonyl (C=O) groups excluding carboxylic acids is 2. The van der Waals surface area contributed by atoms with Gasteiger partial charge in [0.25, 0.3) is 11.5 Å². The SMILES string of the molecule is Cc1ccc(-c2csc3ncn(CCC(=O)Nc4ccc(NC(=O)c5ccco5)cc4)c(=O)c23)cc1. The van der Waals surface area contributed by atoms with Gasteiger partial charge in [0, 0.05) is 35.3 Å². The molecule has 0 saturated heterocycles. The van der Waals surface area contributed by atoms with Crippen LogP contribution in [-0.2, 0) is 11.3 Å². The molecule has 5 aromatic rings. The van der Waals surface area contributed by atoms with Gasteiger partial charge in [-0.15, -0.1) is 11.3 Å². The van der Waals surface area contributed by atoms with Crippen LogP contribution in [0.15, 0.2) is 87.8 Å². The molecule has 0 bridgehead atoms. The van der Waals surface area contributed by atoms with Crippen LogP contribution in [0.1, 0.15) is 22.5 Å². The predicted octanol–water partition coefficient (Wildman–Crippen LogP) is 5.31. The molecule has 0 unspecified atom stereocenters. The first-order valence-corrected chi connectivity index (χ1v) is 12.1. The fourth-order valence-electron chi connectivity index (χ4n) is 3.76.